The predicted molar refractivity (Wildman–Crippen MR) is 131 cm³/mol. The second-order valence-corrected chi connectivity index (χ2v) is 7.90. The van der Waals surface area contributed by atoms with Crippen LogP contribution in [0.4, 0.5) is 27.6 Å². The Balaban J connectivity index is 1.61. The Morgan fingerprint density at radius 2 is 1.65 bits per heavy atom. The van der Waals surface area contributed by atoms with Gasteiger partial charge in [-0.05, 0) is 18.2 Å². The van der Waals surface area contributed by atoms with E-state index in [1.807, 2.05) is 0 Å². The predicted octanol–water partition coefficient (Wildman–Crippen LogP) is 5.12. The van der Waals surface area contributed by atoms with Crippen molar-refractivity contribution in [1.82, 2.24) is 9.97 Å². The number of aromatic nitrogens is 2. The van der Waals surface area contributed by atoms with Gasteiger partial charge in [-0.3, -0.25) is 9.78 Å². The van der Waals surface area contributed by atoms with Gasteiger partial charge in [0.2, 0.25) is 5.95 Å². The van der Waals surface area contributed by atoms with E-state index >= 15 is 0 Å². The van der Waals surface area contributed by atoms with Crippen LogP contribution in [0.15, 0.2) is 48.8 Å². The number of nitrogens with one attached hydrogen (secondary N) is 1. The number of nitrogens with zero attached hydrogens (tertiary/aromatic N) is 2. The van der Waals surface area contributed by atoms with Crippen LogP contribution in [0.5, 0.6) is 28.7 Å². The van der Waals surface area contributed by atoms with Crippen molar-refractivity contribution < 1.29 is 50.8 Å². The molecule has 40 heavy (non-hydrogen) atoms. The maximum atomic E-state index is 15.0. The number of amides is 1. The molecule has 4 rings (SSSR count). The Morgan fingerprint density at radius 3 is 2.33 bits per heavy atom. The molecular weight excluding hydrogens is 545 g/mol. The Labute approximate surface area is 223 Å². The number of rotatable bonds is 11. The SMILES string of the molecule is COc1cc2nccc(Oc3c(F)cc(NC(=O)c4c(OCC(F)F)ccnc4F)cc3F)c2cc1OCCO. The summed E-state index contributed by atoms with van der Waals surface area (Å²) in [6.45, 7) is -1.43. The zero-order valence-corrected chi connectivity index (χ0v) is 20.6. The first-order chi connectivity index (χ1) is 19.2. The fourth-order valence-corrected chi connectivity index (χ4v) is 3.58. The van der Waals surface area contributed by atoms with E-state index in [9.17, 15) is 26.7 Å². The number of hydrogen-bond acceptors (Lipinski definition) is 8. The summed E-state index contributed by atoms with van der Waals surface area (Å²) in [4.78, 5) is 20.1. The van der Waals surface area contributed by atoms with Crippen molar-refractivity contribution in [3.8, 4) is 28.7 Å². The maximum Gasteiger partial charge on any atom is 0.272 e. The van der Waals surface area contributed by atoms with Crippen molar-refractivity contribution in [3.63, 3.8) is 0 Å². The molecule has 2 N–H and O–H groups in total. The van der Waals surface area contributed by atoms with E-state index in [-0.39, 0.29) is 24.7 Å². The first kappa shape index (κ1) is 28.3. The van der Waals surface area contributed by atoms with Gasteiger partial charge in [-0.15, -0.1) is 0 Å². The van der Waals surface area contributed by atoms with Gasteiger partial charge in [0.1, 0.15) is 30.3 Å². The van der Waals surface area contributed by atoms with E-state index in [0.29, 0.717) is 28.8 Å². The molecule has 4 aromatic rings. The highest BCUT2D eigenvalue weighted by Gasteiger charge is 2.23. The van der Waals surface area contributed by atoms with E-state index in [0.717, 1.165) is 12.3 Å². The highest BCUT2D eigenvalue weighted by atomic mass is 19.3. The van der Waals surface area contributed by atoms with E-state index in [1.165, 1.54) is 31.5 Å². The van der Waals surface area contributed by atoms with Crippen LogP contribution < -0.4 is 24.3 Å². The number of anilines is 1. The second kappa shape index (κ2) is 12.4. The molecule has 2 aromatic carbocycles. The molecule has 0 saturated heterocycles. The summed E-state index contributed by atoms with van der Waals surface area (Å²) in [5.74, 6) is -5.88. The molecule has 0 atom stereocenters. The average molecular weight is 565 g/mol. The summed E-state index contributed by atoms with van der Waals surface area (Å²) in [6.07, 6.45) is -0.660. The van der Waals surface area contributed by atoms with Crippen LogP contribution in [-0.4, -0.2) is 54.3 Å². The minimum absolute atomic E-state index is 0.00524. The van der Waals surface area contributed by atoms with Gasteiger partial charge in [0, 0.05) is 41.7 Å². The van der Waals surface area contributed by atoms with Gasteiger partial charge in [0.25, 0.3) is 12.3 Å². The molecule has 210 valence electrons. The molecule has 0 aliphatic carbocycles. The topological polar surface area (TPSA) is 112 Å². The Morgan fingerprint density at radius 1 is 0.950 bits per heavy atom. The van der Waals surface area contributed by atoms with Gasteiger partial charge in [0.05, 0.1) is 19.2 Å². The lowest BCUT2D eigenvalue weighted by atomic mass is 10.1. The molecule has 2 aromatic heterocycles. The van der Waals surface area contributed by atoms with Gasteiger partial charge in [-0.2, -0.15) is 4.39 Å². The number of pyridine rings is 2. The molecule has 0 aliphatic heterocycles. The zero-order chi connectivity index (χ0) is 28.8. The smallest absolute Gasteiger partial charge is 0.272 e. The van der Waals surface area contributed by atoms with Gasteiger partial charge >= 0.3 is 0 Å². The normalized spacial score (nSPS) is 11.0. The number of alkyl halides is 2. The molecule has 14 heteroatoms. The lowest BCUT2D eigenvalue weighted by Gasteiger charge is -2.15. The number of halogens is 5. The highest BCUT2D eigenvalue weighted by molar-refractivity contribution is 6.06. The van der Waals surface area contributed by atoms with Crippen LogP contribution in [0.1, 0.15) is 10.4 Å². The van der Waals surface area contributed by atoms with Crippen molar-refractivity contribution in [2.24, 2.45) is 0 Å². The molecule has 0 aliphatic rings. The Hall–Kier alpha value is -4.72. The third-order valence-corrected chi connectivity index (χ3v) is 5.26. The van der Waals surface area contributed by atoms with Crippen LogP contribution >= 0.6 is 0 Å². The molecule has 0 radical (unpaired) electrons. The largest absolute Gasteiger partial charge is 0.493 e. The minimum atomic E-state index is -2.90. The summed E-state index contributed by atoms with van der Waals surface area (Å²) in [5, 5.41) is 11.4. The number of hydrogen-bond donors (Lipinski definition) is 2. The molecule has 0 saturated carbocycles. The fraction of sp³-hybridized carbons (Fsp3) is 0.192. The lowest BCUT2D eigenvalue weighted by Crippen LogP contribution is -2.18. The standard InChI is InChI=1S/C26H20F5N3O6/c1-37-20-11-17-14(10-21(20)38-7-6-35)18(2-4-32-17)40-24-15(27)8-13(9-16(24)28)34-26(36)23-19(39-12-22(29)30)3-5-33-25(23)31/h2-5,8-11,22,35H,6-7,12H2,1H3,(H,34,36). The first-order valence-electron chi connectivity index (χ1n) is 11.5. The lowest BCUT2D eigenvalue weighted by molar-refractivity contribution is 0.0798. The van der Waals surface area contributed by atoms with Crippen molar-refractivity contribution in [2.75, 3.05) is 32.2 Å². The van der Waals surface area contributed by atoms with Gasteiger partial charge in [-0.1, -0.05) is 0 Å². The average Bonchev–Trinajstić information content (AvgIpc) is 2.92. The van der Waals surface area contributed by atoms with Crippen molar-refractivity contribution in [1.29, 1.82) is 0 Å². The summed E-state index contributed by atoms with van der Waals surface area (Å²) < 4.78 is 90.2. The Kier molecular flexibility index (Phi) is 8.79. The number of carbonyl (C=O) groups excluding carboxylic acids is 1. The minimum Gasteiger partial charge on any atom is -0.493 e. The number of aliphatic hydroxyl groups excluding tert-OH is 1. The molecule has 0 unspecified atom stereocenters. The highest BCUT2D eigenvalue weighted by Crippen LogP contribution is 2.38. The van der Waals surface area contributed by atoms with Gasteiger partial charge in [-0.25, -0.2) is 22.5 Å². The van der Waals surface area contributed by atoms with Crippen molar-refractivity contribution >= 4 is 22.5 Å². The molecule has 2 heterocycles. The zero-order valence-electron chi connectivity index (χ0n) is 20.6. The summed E-state index contributed by atoms with van der Waals surface area (Å²) >= 11 is 0. The number of methoxy groups -OCH3 is 1. The fourth-order valence-electron chi connectivity index (χ4n) is 3.58. The maximum absolute atomic E-state index is 15.0. The third-order valence-electron chi connectivity index (χ3n) is 5.26. The molecular formula is C26H20F5N3O6. The van der Waals surface area contributed by atoms with Crippen LogP contribution in [0, 0.1) is 17.6 Å². The van der Waals surface area contributed by atoms with Crippen LogP contribution in [0.3, 0.4) is 0 Å². The van der Waals surface area contributed by atoms with E-state index in [2.05, 4.69) is 15.3 Å². The molecule has 0 fully saturated rings. The number of ether oxygens (including phenoxy) is 4. The third kappa shape index (κ3) is 6.29. The summed E-state index contributed by atoms with van der Waals surface area (Å²) in [6, 6.07) is 6.75. The quantitative estimate of drug-likeness (QED) is 0.191. The summed E-state index contributed by atoms with van der Waals surface area (Å²) in [7, 11) is 1.40. The molecule has 1 amide bonds. The molecule has 0 spiro atoms. The molecule has 0 bridgehead atoms. The number of fused-ring (bicyclic) bond motifs is 1. The van der Waals surface area contributed by atoms with E-state index in [1.54, 1.807) is 0 Å². The number of aliphatic hydroxyl groups is 1. The Bertz CT molecular complexity index is 1520. The summed E-state index contributed by atoms with van der Waals surface area (Å²) in [5.41, 5.74) is -0.916. The van der Waals surface area contributed by atoms with Crippen molar-refractivity contribution in [2.45, 2.75) is 6.43 Å². The second-order valence-electron chi connectivity index (χ2n) is 7.90. The molecule has 9 nitrogen and oxygen atoms in total. The van der Waals surface area contributed by atoms with E-state index < -0.39 is 59.3 Å². The van der Waals surface area contributed by atoms with Gasteiger partial charge < -0.3 is 29.4 Å². The number of benzene rings is 2. The van der Waals surface area contributed by atoms with Crippen LogP contribution in [0.2, 0.25) is 0 Å². The monoisotopic (exact) mass is 565 g/mol. The number of carbonyl (C=O) groups is 1. The van der Waals surface area contributed by atoms with Crippen molar-refractivity contribution in [3.05, 3.63) is 71.9 Å². The first-order valence-corrected chi connectivity index (χ1v) is 11.5. The van der Waals surface area contributed by atoms with Gasteiger partial charge in [0.15, 0.2) is 28.9 Å². The van der Waals surface area contributed by atoms with Crippen LogP contribution in [0.25, 0.3) is 10.9 Å². The van der Waals surface area contributed by atoms with Crippen LogP contribution in [-0.2, 0) is 0 Å². The van der Waals surface area contributed by atoms with E-state index in [4.69, 9.17) is 24.1 Å².